The zero-order chi connectivity index (χ0) is 68.1. The van der Waals surface area contributed by atoms with E-state index in [-0.39, 0.29) is 23.2 Å². The SMILES string of the molecule is CC(=O)c1cccc(C(C)=Nc2c(C)cc(F)cc2C)n1.CC(=O)c1cccc(C(C)=Nc2c(C)cccc2C(C)C)n1.CCC(=O)c1cccc(C(CC)=Nc2c(C(C)C)cccc2C(C)C)n1.Cc1cccc(C=Nc2ccccc2Sc2c(C)cccc2C)n1. The number of hydrogen-bond acceptors (Lipinski definition) is 12. The summed E-state index contributed by atoms with van der Waals surface area (Å²) in [5, 5.41) is 0. The molecule has 4 heterocycles. The number of carbonyl (C=O) groups is 3. The van der Waals surface area contributed by atoms with Gasteiger partial charge in [-0.1, -0.05) is 158 Å². The van der Waals surface area contributed by atoms with Gasteiger partial charge in [0.1, 0.15) is 22.9 Å². The lowest BCUT2D eigenvalue weighted by atomic mass is 9.92. The Labute approximate surface area is 555 Å². The Bertz CT molecular complexity index is 4170. The van der Waals surface area contributed by atoms with Crippen LogP contribution in [0.3, 0.4) is 0 Å². The topological polar surface area (TPSA) is 152 Å². The van der Waals surface area contributed by atoms with Gasteiger partial charge in [0.15, 0.2) is 17.3 Å². The van der Waals surface area contributed by atoms with Gasteiger partial charge >= 0.3 is 0 Å². The van der Waals surface area contributed by atoms with Crippen molar-refractivity contribution in [2.75, 3.05) is 0 Å². The van der Waals surface area contributed by atoms with Gasteiger partial charge in [-0.05, 0) is 197 Å². The number of aryl methyl sites for hydroxylation is 6. The van der Waals surface area contributed by atoms with Gasteiger partial charge in [0.2, 0.25) is 0 Å². The van der Waals surface area contributed by atoms with E-state index in [4.69, 9.17) is 9.98 Å². The highest BCUT2D eigenvalue weighted by Gasteiger charge is 2.17. The minimum atomic E-state index is -0.265. The summed E-state index contributed by atoms with van der Waals surface area (Å²) in [4.78, 5) is 74.1. The normalized spacial score (nSPS) is 11.7. The third-order valence-corrected chi connectivity index (χ3v) is 16.6. The second-order valence-corrected chi connectivity index (χ2v) is 24.9. The molecule has 13 heteroatoms. The van der Waals surface area contributed by atoms with Crippen molar-refractivity contribution in [1.82, 2.24) is 19.9 Å². The Kier molecular flexibility index (Phi) is 27.3. The van der Waals surface area contributed by atoms with Crippen LogP contribution in [0.25, 0.3) is 0 Å². The summed E-state index contributed by atoms with van der Waals surface area (Å²) in [5.41, 5.74) is 20.7. The molecule has 0 saturated heterocycles. The molecule has 0 fully saturated rings. The van der Waals surface area contributed by atoms with E-state index in [2.05, 4.69) is 166 Å². The molecule has 9 rings (SSSR count). The highest BCUT2D eigenvalue weighted by Crippen LogP contribution is 2.39. The van der Waals surface area contributed by atoms with E-state index in [9.17, 15) is 18.8 Å². The van der Waals surface area contributed by atoms with Gasteiger partial charge in [0.05, 0.1) is 68.9 Å². The van der Waals surface area contributed by atoms with Crippen molar-refractivity contribution in [3.05, 3.63) is 260 Å². The first kappa shape index (κ1) is 72.7. The molecule has 11 nitrogen and oxygen atoms in total. The van der Waals surface area contributed by atoms with Crippen LogP contribution in [0.4, 0.5) is 27.1 Å². The first-order valence-corrected chi connectivity index (χ1v) is 32.6. The van der Waals surface area contributed by atoms with Crippen LogP contribution in [0.1, 0.15) is 218 Å². The fourth-order valence-corrected chi connectivity index (χ4v) is 11.1. The van der Waals surface area contributed by atoms with Gasteiger partial charge in [0.25, 0.3) is 0 Å². The molecule has 0 aliphatic rings. The summed E-state index contributed by atoms with van der Waals surface area (Å²) in [7, 11) is 0. The third kappa shape index (κ3) is 20.8. The van der Waals surface area contributed by atoms with Crippen LogP contribution in [0.2, 0.25) is 0 Å². The smallest absolute Gasteiger partial charge is 0.180 e. The number of carbonyl (C=O) groups excluding carboxylic acids is 3. The fraction of sp³-hybridized carbons (Fsp3) is 0.287. The van der Waals surface area contributed by atoms with Crippen LogP contribution in [0.5, 0.6) is 0 Å². The molecule has 0 aliphatic heterocycles. The third-order valence-electron chi connectivity index (χ3n) is 15.2. The molecule has 0 saturated carbocycles. The number of hydrogen-bond donors (Lipinski definition) is 0. The second-order valence-electron chi connectivity index (χ2n) is 23.8. The van der Waals surface area contributed by atoms with E-state index in [1.807, 2.05) is 102 Å². The Hall–Kier alpha value is -9.33. The lowest BCUT2D eigenvalue weighted by Gasteiger charge is -2.17. The number of Topliss-reactive ketones (excluding diaryl/α,β-unsaturated/α-hetero) is 3. The Morgan fingerprint density at radius 2 is 0.892 bits per heavy atom. The van der Waals surface area contributed by atoms with Crippen LogP contribution in [-0.4, -0.2) is 60.6 Å². The molecule has 4 aromatic heterocycles. The van der Waals surface area contributed by atoms with Gasteiger partial charge in [-0.25, -0.2) is 19.3 Å². The molecule has 5 aromatic carbocycles. The average Bonchev–Trinajstić information content (AvgIpc) is 0.924. The van der Waals surface area contributed by atoms with Crippen LogP contribution in [0, 0.1) is 47.4 Å². The molecule has 0 N–H and O–H groups in total. The van der Waals surface area contributed by atoms with Crippen molar-refractivity contribution in [1.29, 1.82) is 0 Å². The maximum atomic E-state index is 13.3. The zero-order valence-corrected chi connectivity index (χ0v) is 58.2. The van der Waals surface area contributed by atoms with Crippen molar-refractivity contribution in [3.63, 3.8) is 0 Å². The molecule has 0 spiro atoms. The molecular weight excluding hydrogens is 1170 g/mol. The van der Waals surface area contributed by atoms with Crippen molar-refractivity contribution in [2.45, 2.75) is 165 Å². The Balaban J connectivity index is 0.000000197. The monoisotopic (exact) mass is 1260 g/mol. The van der Waals surface area contributed by atoms with Crippen LogP contribution < -0.4 is 0 Å². The summed E-state index contributed by atoms with van der Waals surface area (Å²) in [6, 6.07) is 52.5. The molecule has 0 aliphatic carbocycles. The number of rotatable bonds is 18. The van der Waals surface area contributed by atoms with Gasteiger partial charge in [0, 0.05) is 35.8 Å². The van der Waals surface area contributed by atoms with Gasteiger partial charge in [-0.15, -0.1) is 0 Å². The lowest BCUT2D eigenvalue weighted by molar-refractivity contribution is 0.0980. The molecule has 9 aromatic rings. The number of halogens is 1. The number of benzene rings is 5. The highest BCUT2D eigenvalue weighted by molar-refractivity contribution is 7.99. The second kappa shape index (κ2) is 34.9. The van der Waals surface area contributed by atoms with Crippen LogP contribution in [0.15, 0.2) is 194 Å². The first-order chi connectivity index (χ1) is 44.3. The van der Waals surface area contributed by atoms with Crippen LogP contribution in [-0.2, 0) is 0 Å². The number of pyridine rings is 4. The zero-order valence-electron chi connectivity index (χ0n) is 57.4. The van der Waals surface area contributed by atoms with E-state index >= 15 is 0 Å². The molecule has 0 radical (unpaired) electrons. The molecule has 0 amide bonds. The van der Waals surface area contributed by atoms with Gasteiger partial charge in [-0.3, -0.25) is 39.3 Å². The molecule has 480 valence electrons. The minimum Gasteiger partial charge on any atom is -0.293 e. The molecule has 0 bridgehead atoms. The van der Waals surface area contributed by atoms with E-state index in [0.717, 1.165) is 85.0 Å². The molecule has 93 heavy (non-hydrogen) atoms. The Morgan fingerprint density at radius 3 is 1.41 bits per heavy atom. The lowest BCUT2D eigenvalue weighted by Crippen LogP contribution is -2.08. The first-order valence-electron chi connectivity index (χ1n) is 31.8. The number of ketones is 3. The van der Waals surface area contributed by atoms with E-state index in [1.165, 1.54) is 58.7 Å². The summed E-state index contributed by atoms with van der Waals surface area (Å²) in [6.45, 7) is 35.8. The van der Waals surface area contributed by atoms with Crippen molar-refractivity contribution >= 4 is 75.2 Å². The summed E-state index contributed by atoms with van der Waals surface area (Å²) in [5.74, 6) is 0.874. The predicted molar refractivity (Wildman–Crippen MR) is 386 cm³/mol. The number of nitrogens with zero attached hydrogens (tertiary/aromatic N) is 8. The molecule has 0 unspecified atom stereocenters. The fourth-order valence-electron chi connectivity index (χ4n) is 10.0. The number of aliphatic imine (C=N–C) groups is 4. The van der Waals surface area contributed by atoms with Gasteiger partial charge in [-0.2, -0.15) is 0 Å². The standard InChI is InChI=1S/C23H30N2O.C21H20N2S.C19H22N2O.C17H17FN2O/c1-7-19(20-13-10-14-21(24-20)22(26)8-2)25-23-17(15(3)4)11-9-12-18(23)16(5)6;1-15-8-6-9-16(2)21(15)24-20-13-5-4-12-19(20)22-14-18-11-7-10-17(3)23-18;1-12(2)16-9-6-8-13(3)19(16)20-14(4)17-10-7-11-18(21-17)15(5)22;1-10-8-14(18)9-11(2)17(10)19-12(3)15-6-5-7-16(20-15)13(4)21/h9-16H,7-8H2,1-6H3;4-14H,1-3H3;6-12H,1-5H3;5-9H,1-4H3. The van der Waals surface area contributed by atoms with Crippen LogP contribution >= 0.6 is 11.8 Å². The summed E-state index contributed by atoms with van der Waals surface area (Å²) >= 11 is 1.77. The van der Waals surface area contributed by atoms with E-state index < -0.39 is 0 Å². The summed E-state index contributed by atoms with van der Waals surface area (Å²) in [6.07, 6.45) is 3.06. The maximum absolute atomic E-state index is 13.3. The number of para-hydroxylation sites is 3. The predicted octanol–water partition coefficient (Wildman–Crippen LogP) is 21.4. The number of aromatic nitrogens is 4. The van der Waals surface area contributed by atoms with Crippen molar-refractivity contribution in [2.24, 2.45) is 20.0 Å². The molecular formula is C80H89FN8O3S. The van der Waals surface area contributed by atoms with E-state index in [0.29, 0.717) is 52.7 Å². The highest BCUT2D eigenvalue weighted by atomic mass is 32.2. The van der Waals surface area contributed by atoms with Gasteiger partial charge < -0.3 is 0 Å². The van der Waals surface area contributed by atoms with E-state index in [1.54, 1.807) is 42.1 Å². The summed E-state index contributed by atoms with van der Waals surface area (Å²) < 4.78 is 13.3. The Morgan fingerprint density at radius 1 is 0.452 bits per heavy atom. The van der Waals surface area contributed by atoms with Crippen molar-refractivity contribution in [3.8, 4) is 0 Å². The molecule has 0 atom stereocenters. The van der Waals surface area contributed by atoms with Crippen molar-refractivity contribution < 1.29 is 18.8 Å². The quantitative estimate of drug-likeness (QED) is 0.0608. The largest absolute Gasteiger partial charge is 0.293 e. The minimum absolute atomic E-state index is 0.0339. The average molecular weight is 1260 g/mol. The maximum Gasteiger partial charge on any atom is 0.180 e.